The maximum atomic E-state index is 4.19. The molecule has 0 atom stereocenters. The van der Waals surface area contributed by atoms with Gasteiger partial charge in [-0.25, -0.2) is 0 Å². The monoisotopic (exact) mass is 254 g/mol. The molecular weight excluding hydrogens is 240 g/mol. The Bertz CT molecular complexity index is 1070. The van der Waals surface area contributed by atoms with Crippen molar-refractivity contribution in [3.63, 3.8) is 0 Å². The Hall–Kier alpha value is -2.60. The van der Waals surface area contributed by atoms with Crippen LogP contribution in [0.2, 0.25) is 0 Å². The molecule has 94 valence electrons. The van der Waals surface area contributed by atoms with Crippen molar-refractivity contribution in [2.45, 2.75) is 0 Å². The van der Waals surface area contributed by atoms with E-state index in [0.717, 1.165) is 10.4 Å². The number of benzene rings is 4. The summed E-state index contributed by atoms with van der Waals surface area (Å²) in [5.41, 5.74) is 0. The lowest BCUT2D eigenvalue weighted by Gasteiger charge is -2.08. The first-order chi connectivity index (χ1) is 9.75. The summed E-state index contributed by atoms with van der Waals surface area (Å²) in [6, 6.07) is 21.4. The van der Waals surface area contributed by atoms with E-state index in [1.165, 1.54) is 32.3 Å². The van der Waals surface area contributed by atoms with Crippen LogP contribution in [0.5, 0.6) is 0 Å². The van der Waals surface area contributed by atoms with Gasteiger partial charge in [-0.3, -0.25) is 0 Å². The second-order valence-electron chi connectivity index (χ2n) is 5.25. The molecule has 4 aromatic rings. The van der Waals surface area contributed by atoms with Crippen LogP contribution < -0.4 is 10.4 Å². The first-order valence-corrected chi connectivity index (χ1v) is 6.77. The van der Waals surface area contributed by atoms with Crippen molar-refractivity contribution in [1.82, 2.24) is 0 Å². The molecule has 0 radical (unpaired) electrons. The minimum absolute atomic E-state index is 1.06. The van der Waals surface area contributed by atoms with E-state index in [4.69, 9.17) is 0 Å². The van der Waals surface area contributed by atoms with Crippen LogP contribution in [0.1, 0.15) is 0 Å². The molecule has 0 aromatic heterocycles. The molecule has 0 N–H and O–H groups in total. The molecule has 0 nitrogen and oxygen atoms in total. The number of hydrogen-bond acceptors (Lipinski definition) is 0. The molecule has 0 spiro atoms. The minimum atomic E-state index is 1.06. The van der Waals surface area contributed by atoms with Crippen LogP contribution in [-0.2, 0) is 0 Å². The standard InChI is InChI=1S/C20H14/c1-13-7-8-14(2)20-16(13)11-12-18-17-6-4-3-5-15(17)9-10-19(18)20/h3-12H,1-2H2. The Labute approximate surface area is 117 Å². The van der Waals surface area contributed by atoms with Gasteiger partial charge in [-0.1, -0.05) is 73.8 Å². The van der Waals surface area contributed by atoms with Gasteiger partial charge >= 0.3 is 0 Å². The third-order valence-electron chi connectivity index (χ3n) is 4.08. The van der Waals surface area contributed by atoms with Crippen LogP contribution in [-0.4, -0.2) is 0 Å². The lowest BCUT2D eigenvalue weighted by atomic mass is 9.96. The van der Waals surface area contributed by atoms with Crippen LogP contribution in [0.3, 0.4) is 0 Å². The van der Waals surface area contributed by atoms with Crippen molar-refractivity contribution in [2.24, 2.45) is 0 Å². The maximum Gasteiger partial charge on any atom is -0.00328 e. The second kappa shape index (κ2) is 3.94. The maximum absolute atomic E-state index is 4.19. The Kier molecular flexibility index (Phi) is 2.22. The van der Waals surface area contributed by atoms with Gasteiger partial charge in [-0.05, 0) is 42.8 Å². The summed E-state index contributed by atoms with van der Waals surface area (Å²) in [5.74, 6) is 0. The van der Waals surface area contributed by atoms with Crippen molar-refractivity contribution < 1.29 is 0 Å². The molecule has 20 heavy (non-hydrogen) atoms. The fraction of sp³-hybridized carbons (Fsp3) is 0. The van der Waals surface area contributed by atoms with Crippen LogP contribution in [0, 0.1) is 0 Å². The van der Waals surface area contributed by atoms with Crippen LogP contribution in [0.15, 0.2) is 60.7 Å². The number of hydrogen-bond donors (Lipinski definition) is 0. The first kappa shape index (κ1) is 11.2. The Balaban J connectivity index is 2.39. The highest BCUT2D eigenvalue weighted by Gasteiger charge is 2.05. The highest BCUT2D eigenvalue weighted by molar-refractivity contribution is 6.17. The summed E-state index contributed by atoms with van der Waals surface area (Å²) in [7, 11) is 0. The van der Waals surface area contributed by atoms with Gasteiger partial charge in [-0.15, -0.1) is 0 Å². The quantitative estimate of drug-likeness (QED) is 0.417. The van der Waals surface area contributed by atoms with E-state index < -0.39 is 0 Å². The topological polar surface area (TPSA) is 0 Å². The van der Waals surface area contributed by atoms with E-state index >= 15 is 0 Å². The molecule has 0 unspecified atom stereocenters. The Morgan fingerprint density at radius 1 is 0.500 bits per heavy atom. The highest BCUT2D eigenvalue weighted by Crippen LogP contribution is 2.28. The molecule has 0 saturated heterocycles. The van der Waals surface area contributed by atoms with E-state index in [1.54, 1.807) is 0 Å². The van der Waals surface area contributed by atoms with Crippen molar-refractivity contribution in [3.8, 4) is 0 Å². The van der Waals surface area contributed by atoms with Crippen molar-refractivity contribution in [3.05, 3.63) is 71.1 Å². The van der Waals surface area contributed by atoms with E-state index in [1.807, 2.05) is 6.07 Å². The summed E-state index contributed by atoms with van der Waals surface area (Å²) < 4.78 is 0. The molecule has 0 saturated carbocycles. The summed E-state index contributed by atoms with van der Waals surface area (Å²) in [6.45, 7) is 8.32. The predicted molar refractivity (Wildman–Crippen MR) is 89.3 cm³/mol. The van der Waals surface area contributed by atoms with Crippen molar-refractivity contribution in [1.29, 1.82) is 0 Å². The van der Waals surface area contributed by atoms with Crippen molar-refractivity contribution in [2.75, 3.05) is 0 Å². The summed E-state index contributed by atoms with van der Waals surface area (Å²) in [5, 5.41) is 9.65. The molecule has 0 aliphatic heterocycles. The Morgan fingerprint density at radius 3 is 2.10 bits per heavy atom. The van der Waals surface area contributed by atoms with Crippen LogP contribution in [0.25, 0.3) is 45.5 Å². The summed E-state index contributed by atoms with van der Waals surface area (Å²) in [4.78, 5) is 0. The van der Waals surface area contributed by atoms with E-state index in [2.05, 4.69) is 67.8 Å². The highest BCUT2D eigenvalue weighted by atomic mass is 14.1. The fourth-order valence-electron chi connectivity index (χ4n) is 3.08. The molecule has 0 aliphatic carbocycles. The average molecular weight is 254 g/mol. The molecule has 4 rings (SSSR count). The molecular formula is C20H14. The fourth-order valence-corrected chi connectivity index (χ4v) is 3.08. The average Bonchev–Trinajstić information content (AvgIpc) is 2.50. The molecule has 0 amide bonds. The molecule has 0 bridgehead atoms. The normalized spacial score (nSPS) is 11.4. The van der Waals surface area contributed by atoms with Gasteiger partial charge in [0, 0.05) is 0 Å². The third-order valence-corrected chi connectivity index (χ3v) is 4.08. The predicted octanol–water partition coefficient (Wildman–Crippen LogP) is 3.97. The molecule has 0 heterocycles. The summed E-state index contributed by atoms with van der Waals surface area (Å²) in [6.07, 6.45) is 0. The molecule has 0 heteroatoms. The Morgan fingerprint density at radius 2 is 1.20 bits per heavy atom. The van der Waals surface area contributed by atoms with Crippen LogP contribution in [0.4, 0.5) is 0 Å². The van der Waals surface area contributed by atoms with E-state index in [0.29, 0.717) is 0 Å². The SMILES string of the molecule is C=c1ccc(=C)c2c1ccc1c3ccccc3ccc12. The molecule has 4 aromatic carbocycles. The molecule has 0 aliphatic rings. The lowest BCUT2D eigenvalue weighted by Crippen LogP contribution is -2.08. The first-order valence-electron chi connectivity index (χ1n) is 6.77. The van der Waals surface area contributed by atoms with Crippen molar-refractivity contribution >= 4 is 45.5 Å². The van der Waals surface area contributed by atoms with Gasteiger partial charge in [0.2, 0.25) is 0 Å². The zero-order valence-corrected chi connectivity index (χ0v) is 11.2. The lowest BCUT2D eigenvalue weighted by molar-refractivity contribution is 1.67. The zero-order valence-electron chi connectivity index (χ0n) is 11.2. The van der Waals surface area contributed by atoms with Gasteiger partial charge < -0.3 is 0 Å². The van der Waals surface area contributed by atoms with Gasteiger partial charge in [0.15, 0.2) is 0 Å². The summed E-state index contributed by atoms with van der Waals surface area (Å²) >= 11 is 0. The van der Waals surface area contributed by atoms with Gasteiger partial charge in [0.25, 0.3) is 0 Å². The van der Waals surface area contributed by atoms with Gasteiger partial charge in [-0.2, -0.15) is 0 Å². The second-order valence-corrected chi connectivity index (χ2v) is 5.25. The van der Waals surface area contributed by atoms with E-state index in [-0.39, 0.29) is 0 Å². The number of rotatable bonds is 0. The zero-order chi connectivity index (χ0) is 13.7. The third kappa shape index (κ3) is 1.42. The van der Waals surface area contributed by atoms with Gasteiger partial charge in [0.1, 0.15) is 0 Å². The smallest absolute Gasteiger partial charge is 0.00328 e. The molecule has 0 fully saturated rings. The largest absolute Gasteiger partial charge is 0.0911 e. The van der Waals surface area contributed by atoms with E-state index in [9.17, 15) is 0 Å². The minimum Gasteiger partial charge on any atom is -0.0911 e. The van der Waals surface area contributed by atoms with Crippen LogP contribution >= 0.6 is 0 Å². The number of fused-ring (bicyclic) bond motifs is 5. The van der Waals surface area contributed by atoms with Gasteiger partial charge in [0.05, 0.1) is 0 Å².